The van der Waals surface area contributed by atoms with Crippen LogP contribution in [0.25, 0.3) is 0 Å². The van der Waals surface area contributed by atoms with Crippen molar-refractivity contribution in [1.82, 2.24) is 0 Å². The summed E-state index contributed by atoms with van der Waals surface area (Å²) in [4.78, 5) is 19.9. The number of hydrogen-bond donors (Lipinski definition) is 0. The number of hydrogen-bond acceptors (Lipinski definition) is 4. The van der Waals surface area contributed by atoms with E-state index in [1.165, 1.54) is 30.5 Å². The third-order valence-electron chi connectivity index (χ3n) is 0.998. The van der Waals surface area contributed by atoms with Gasteiger partial charge in [-0.25, -0.2) is 0 Å². The molecule has 0 amide bonds. The minimum absolute atomic E-state index is 1.36. The molecule has 0 saturated heterocycles. The Labute approximate surface area is 96.4 Å². The zero-order valence-corrected chi connectivity index (χ0v) is 11.6. The molecule has 2 nitrogen and oxygen atoms in total. The zero-order chi connectivity index (χ0) is 10.0. The van der Waals surface area contributed by atoms with E-state index in [9.17, 15) is 9.79 Å². The molecule has 12 heavy (non-hydrogen) atoms. The van der Waals surface area contributed by atoms with Gasteiger partial charge in [0, 0.05) is 0 Å². The third kappa shape index (κ3) is 41.5. The topological polar surface area (TPSA) is 46.1 Å². The third-order valence-corrected chi connectivity index (χ3v) is 1.71. The van der Waals surface area contributed by atoms with E-state index in [-0.39, 0.29) is 0 Å². The van der Waals surface area contributed by atoms with Gasteiger partial charge < -0.3 is 27.7 Å². The van der Waals surface area contributed by atoms with Crippen molar-refractivity contribution in [2.45, 2.75) is 37.4 Å². The number of unbranched alkanes of at least 4 members (excludes halogenated alkanes) is 3. The quantitative estimate of drug-likeness (QED) is 0.337. The van der Waals surface area contributed by atoms with E-state index in [1.807, 2.05) is 0 Å². The second-order valence-electron chi connectivity index (χ2n) is 2.21. The molecule has 0 aromatic carbocycles. The summed E-state index contributed by atoms with van der Waals surface area (Å²) in [5, 5.41) is 0. The van der Waals surface area contributed by atoms with E-state index < -0.39 is 5.69 Å². The molecular formula is C6H13MoO2PS2. The summed E-state index contributed by atoms with van der Waals surface area (Å²) in [7, 11) is 0. The summed E-state index contributed by atoms with van der Waals surface area (Å²) in [6.07, 6.45) is 5.66. The van der Waals surface area contributed by atoms with E-state index in [4.69, 9.17) is 0 Å². The van der Waals surface area contributed by atoms with Crippen molar-refractivity contribution in [3.8, 4) is 0 Å². The fourth-order valence-electron chi connectivity index (χ4n) is 0.529. The Morgan fingerprint density at radius 1 is 1.33 bits per heavy atom. The fraction of sp³-hybridized carbons (Fsp3) is 1.00. The van der Waals surface area contributed by atoms with E-state index in [1.54, 1.807) is 0 Å². The van der Waals surface area contributed by atoms with Crippen LogP contribution in [0.1, 0.15) is 32.6 Å². The van der Waals surface area contributed by atoms with Crippen molar-refractivity contribution >= 4 is 29.7 Å². The SMILES string of the molecule is CCCCC[CH2][Mo+3].[O-]P([O-])(=S)[S-]. The van der Waals surface area contributed by atoms with Gasteiger partial charge in [0.1, 0.15) is 0 Å². The molecule has 0 heterocycles. The normalized spacial score (nSPS) is 10.2. The number of rotatable bonds is 4. The van der Waals surface area contributed by atoms with Gasteiger partial charge in [0.15, 0.2) is 0 Å². The molecule has 0 rings (SSSR count). The van der Waals surface area contributed by atoms with Gasteiger partial charge in [-0.05, 0) is 0 Å². The van der Waals surface area contributed by atoms with Crippen LogP contribution in [0.15, 0.2) is 0 Å². The summed E-state index contributed by atoms with van der Waals surface area (Å²) in [6, 6.07) is 0. The molecule has 72 valence electrons. The largest absolute Gasteiger partial charge is 0.850 e. The van der Waals surface area contributed by atoms with Crippen molar-refractivity contribution in [2.24, 2.45) is 0 Å². The average Bonchev–Trinajstić information content (AvgIpc) is 1.85. The van der Waals surface area contributed by atoms with Gasteiger partial charge in [0.25, 0.3) is 0 Å². The molecule has 0 bridgehead atoms. The Hall–Kier alpha value is 1.61. The Bertz CT molecular complexity index is 116. The van der Waals surface area contributed by atoms with Crippen LogP contribution in [0.2, 0.25) is 4.81 Å². The minimum Gasteiger partial charge on any atom is -0.850 e. The first-order chi connectivity index (χ1) is 5.41. The predicted molar refractivity (Wildman–Crippen MR) is 50.6 cm³/mol. The first-order valence-electron chi connectivity index (χ1n) is 3.73. The van der Waals surface area contributed by atoms with Crippen molar-refractivity contribution in [1.29, 1.82) is 0 Å². The van der Waals surface area contributed by atoms with Gasteiger partial charge in [-0.2, -0.15) is 11.8 Å². The Morgan fingerprint density at radius 3 is 2.00 bits per heavy atom. The molecule has 0 aromatic rings. The van der Waals surface area contributed by atoms with Crippen molar-refractivity contribution in [3.05, 3.63) is 0 Å². The second-order valence-corrected chi connectivity index (χ2v) is 7.69. The molecule has 0 fully saturated rings. The minimum atomic E-state index is -3.72. The van der Waals surface area contributed by atoms with Crippen LogP contribution < -0.4 is 9.79 Å². The summed E-state index contributed by atoms with van der Waals surface area (Å²) >= 11 is 9.47. The smallest absolute Gasteiger partial charge is 0.160 e. The van der Waals surface area contributed by atoms with Gasteiger partial charge in [-0.3, -0.25) is 0 Å². The first-order valence-corrected chi connectivity index (χ1v) is 8.80. The first kappa shape index (κ1) is 16.1. The molecule has 0 N–H and O–H groups in total. The molecule has 0 atom stereocenters. The second kappa shape index (κ2) is 10.7. The molecule has 0 aromatic heterocycles. The van der Waals surface area contributed by atoms with Crippen LogP contribution in [0.3, 0.4) is 0 Å². The maximum absolute atomic E-state index is 9.29. The van der Waals surface area contributed by atoms with Crippen LogP contribution in [0, 0.1) is 0 Å². The van der Waals surface area contributed by atoms with Crippen LogP contribution in [-0.4, -0.2) is 0 Å². The molecule has 0 spiro atoms. The van der Waals surface area contributed by atoms with E-state index in [0.29, 0.717) is 0 Å². The summed E-state index contributed by atoms with van der Waals surface area (Å²) in [5.74, 6) is 0. The molecule has 0 aliphatic heterocycles. The van der Waals surface area contributed by atoms with Gasteiger partial charge in [-0.1, -0.05) is 0 Å². The molecule has 0 aliphatic carbocycles. The summed E-state index contributed by atoms with van der Waals surface area (Å²) < 4.78 is 0. The molecular weight excluding hydrogens is 295 g/mol. The Morgan fingerprint density at radius 2 is 1.75 bits per heavy atom. The predicted octanol–water partition coefficient (Wildman–Crippen LogP) is 1.01. The van der Waals surface area contributed by atoms with Crippen LogP contribution in [0.5, 0.6) is 0 Å². The van der Waals surface area contributed by atoms with Crippen molar-refractivity contribution < 1.29 is 29.6 Å². The molecule has 0 unspecified atom stereocenters. The van der Waals surface area contributed by atoms with Gasteiger partial charge in [0.05, 0.1) is 0 Å². The monoisotopic (exact) mass is 310 g/mol. The van der Waals surface area contributed by atoms with E-state index in [0.717, 1.165) is 0 Å². The van der Waals surface area contributed by atoms with Gasteiger partial charge in [0.2, 0.25) is 0 Å². The van der Waals surface area contributed by atoms with E-state index in [2.05, 4.69) is 50.8 Å². The van der Waals surface area contributed by atoms with Gasteiger partial charge >= 0.3 is 57.2 Å². The maximum Gasteiger partial charge on any atom is -0.160 e. The molecule has 0 saturated carbocycles. The fourth-order valence-corrected chi connectivity index (χ4v) is 1.03. The molecule has 0 radical (unpaired) electrons. The zero-order valence-electron chi connectivity index (χ0n) is 7.02. The van der Waals surface area contributed by atoms with Crippen molar-refractivity contribution in [3.63, 3.8) is 0 Å². The molecule has 6 heteroatoms. The van der Waals surface area contributed by atoms with Crippen LogP contribution >= 0.6 is 5.69 Å². The van der Waals surface area contributed by atoms with Crippen molar-refractivity contribution in [2.75, 3.05) is 0 Å². The van der Waals surface area contributed by atoms with Crippen LogP contribution in [0.4, 0.5) is 0 Å². The van der Waals surface area contributed by atoms with Gasteiger partial charge in [-0.15, -0.1) is 0 Å². The standard InChI is InChI=1S/C6H13.Mo.H3O2PS2/c1-3-5-6-4-2;;1-3(2,4)5/h1,3-6H2,2H3;;(H3,1,2,4,5)/q;+3;/p-3. The summed E-state index contributed by atoms with van der Waals surface area (Å²) in [5.41, 5.74) is -3.72. The average molecular weight is 308 g/mol. The maximum atomic E-state index is 9.29. The van der Waals surface area contributed by atoms with Crippen LogP contribution in [-0.2, 0) is 43.9 Å². The van der Waals surface area contributed by atoms with E-state index >= 15 is 0 Å². The molecule has 0 aliphatic rings. The Balaban J connectivity index is 0. The summed E-state index contributed by atoms with van der Waals surface area (Å²) in [6.45, 7) is 2.25. The Kier molecular flexibility index (Phi) is 14.3.